The van der Waals surface area contributed by atoms with Gasteiger partial charge >= 0.3 is 12.3 Å². The molecule has 4 nitrogen and oxygen atoms in total. The van der Waals surface area contributed by atoms with Crippen LogP contribution < -0.4 is 4.74 Å². The number of halogens is 3. The maximum absolute atomic E-state index is 12.4. The number of hydrogen-bond donors (Lipinski definition) is 1. The maximum Gasteiger partial charge on any atom is 0.573 e. The Bertz CT molecular complexity index is 692. The van der Waals surface area contributed by atoms with Crippen molar-refractivity contribution in [3.8, 4) is 5.75 Å². The molecule has 0 bridgehead atoms. The molecule has 0 aliphatic carbocycles. The SMILES string of the molecule is COC(=O)CCCCCCCCCCCCCCCCCCCc1ccc(OC(F)(F)F)c(CO)c1. The Balaban J connectivity index is 1.89. The molecular formula is C29H47F3O4. The number of carbonyl (C=O) groups is 1. The Labute approximate surface area is 216 Å². The van der Waals surface area contributed by atoms with E-state index in [1.165, 1.54) is 96.6 Å². The summed E-state index contributed by atoms with van der Waals surface area (Å²) in [5.74, 6) is -0.424. The second-order valence-electron chi connectivity index (χ2n) is 9.73. The second-order valence-corrected chi connectivity index (χ2v) is 9.73. The van der Waals surface area contributed by atoms with Crippen LogP contribution in [0.4, 0.5) is 13.2 Å². The zero-order valence-corrected chi connectivity index (χ0v) is 22.2. The van der Waals surface area contributed by atoms with Gasteiger partial charge in [-0.1, -0.05) is 102 Å². The van der Waals surface area contributed by atoms with Crippen LogP contribution >= 0.6 is 0 Å². The molecule has 0 saturated carbocycles. The minimum absolute atomic E-state index is 0.0997. The minimum atomic E-state index is -4.75. The number of alkyl halides is 3. The third kappa shape index (κ3) is 17.6. The molecule has 208 valence electrons. The molecule has 0 heterocycles. The smallest absolute Gasteiger partial charge is 0.469 e. The zero-order valence-electron chi connectivity index (χ0n) is 22.2. The van der Waals surface area contributed by atoms with E-state index in [9.17, 15) is 23.1 Å². The molecule has 0 aliphatic rings. The monoisotopic (exact) mass is 516 g/mol. The third-order valence-corrected chi connectivity index (χ3v) is 6.59. The molecule has 0 radical (unpaired) electrons. The number of ether oxygens (including phenoxy) is 2. The van der Waals surface area contributed by atoms with Crippen molar-refractivity contribution in [1.82, 2.24) is 0 Å². The van der Waals surface area contributed by atoms with E-state index < -0.39 is 13.0 Å². The van der Waals surface area contributed by atoms with Gasteiger partial charge in [0.25, 0.3) is 0 Å². The van der Waals surface area contributed by atoms with E-state index in [1.54, 1.807) is 12.1 Å². The van der Waals surface area contributed by atoms with E-state index >= 15 is 0 Å². The van der Waals surface area contributed by atoms with Crippen molar-refractivity contribution in [2.45, 2.75) is 135 Å². The molecule has 0 spiro atoms. The lowest BCUT2D eigenvalue weighted by Crippen LogP contribution is -2.18. The molecule has 1 rings (SSSR count). The van der Waals surface area contributed by atoms with E-state index in [0.29, 0.717) is 6.42 Å². The molecule has 1 aromatic rings. The summed E-state index contributed by atoms with van der Waals surface area (Å²) < 4.78 is 45.8. The fraction of sp³-hybridized carbons (Fsp3) is 0.759. The summed E-state index contributed by atoms with van der Waals surface area (Å²) in [6, 6.07) is 4.55. The van der Waals surface area contributed by atoms with Gasteiger partial charge in [-0.05, 0) is 37.0 Å². The summed E-state index contributed by atoms with van der Waals surface area (Å²) in [5.41, 5.74) is 1.11. The van der Waals surface area contributed by atoms with Crippen molar-refractivity contribution in [2.75, 3.05) is 7.11 Å². The predicted octanol–water partition coefficient (Wildman–Crippen LogP) is 8.81. The average molecular weight is 517 g/mol. The van der Waals surface area contributed by atoms with Crippen LogP contribution in [0.25, 0.3) is 0 Å². The quantitative estimate of drug-likeness (QED) is 0.124. The molecule has 36 heavy (non-hydrogen) atoms. The van der Waals surface area contributed by atoms with Gasteiger partial charge in [-0.3, -0.25) is 4.79 Å². The van der Waals surface area contributed by atoms with Crippen molar-refractivity contribution in [3.63, 3.8) is 0 Å². The van der Waals surface area contributed by atoms with Crippen LogP contribution in [0.5, 0.6) is 5.75 Å². The molecule has 0 amide bonds. The van der Waals surface area contributed by atoms with Gasteiger partial charge in [-0.2, -0.15) is 0 Å². The molecule has 7 heteroatoms. The number of aliphatic hydroxyl groups is 1. The topological polar surface area (TPSA) is 55.8 Å². The predicted molar refractivity (Wildman–Crippen MR) is 138 cm³/mol. The normalized spacial score (nSPS) is 11.6. The molecule has 0 aliphatic heterocycles. The lowest BCUT2D eigenvalue weighted by molar-refractivity contribution is -0.275. The molecule has 0 fully saturated rings. The standard InChI is InChI=1S/C29H47F3O4/c1-35-28(34)20-18-16-14-12-10-8-6-4-2-3-5-7-9-11-13-15-17-19-25-21-22-27(26(23-25)24-33)36-29(30,31)32/h21-23,33H,2-20,24H2,1H3. The van der Waals surface area contributed by atoms with E-state index in [-0.39, 0.29) is 17.3 Å². The summed E-state index contributed by atoms with van der Waals surface area (Å²) in [6.45, 7) is -0.472. The lowest BCUT2D eigenvalue weighted by Gasteiger charge is -2.13. The van der Waals surface area contributed by atoms with E-state index in [4.69, 9.17) is 0 Å². The Morgan fingerprint density at radius 1 is 0.750 bits per heavy atom. The van der Waals surface area contributed by atoms with E-state index in [0.717, 1.165) is 37.7 Å². The fourth-order valence-corrected chi connectivity index (χ4v) is 4.49. The first kappa shape index (κ1) is 32.3. The summed E-state index contributed by atoms with van der Waals surface area (Å²) in [5, 5.41) is 9.33. The molecule has 0 saturated heterocycles. The van der Waals surface area contributed by atoms with Gasteiger partial charge in [0.05, 0.1) is 13.7 Å². The number of aliphatic hydroxyl groups excluding tert-OH is 1. The number of esters is 1. The number of hydrogen-bond acceptors (Lipinski definition) is 4. The highest BCUT2D eigenvalue weighted by Gasteiger charge is 2.32. The van der Waals surface area contributed by atoms with Gasteiger partial charge < -0.3 is 14.6 Å². The van der Waals surface area contributed by atoms with Crippen molar-refractivity contribution >= 4 is 5.97 Å². The Morgan fingerprint density at radius 2 is 1.19 bits per heavy atom. The summed E-state index contributed by atoms with van der Waals surface area (Å²) in [6.07, 6.45) is 17.5. The largest absolute Gasteiger partial charge is 0.573 e. The molecule has 0 unspecified atom stereocenters. The van der Waals surface area contributed by atoms with Crippen molar-refractivity contribution in [3.05, 3.63) is 29.3 Å². The molecule has 0 atom stereocenters. The molecule has 0 aromatic heterocycles. The Morgan fingerprint density at radius 3 is 1.61 bits per heavy atom. The van der Waals surface area contributed by atoms with Crippen LogP contribution in [0, 0.1) is 0 Å². The zero-order chi connectivity index (χ0) is 26.5. The number of carbonyl (C=O) groups excluding carboxylic acids is 1. The number of unbranched alkanes of at least 4 members (excludes halogenated alkanes) is 16. The summed E-state index contributed by atoms with van der Waals surface area (Å²) in [7, 11) is 1.44. The minimum Gasteiger partial charge on any atom is -0.469 e. The second kappa shape index (κ2) is 20.3. The number of benzene rings is 1. The van der Waals surface area contributed by atoms with Gasteiger partial charge in [0, 0.05) is 12.0 Å². The summed E-state index contributed by atoms with van der Waals surface area (Å²) in [4.78, 5) is 11.0. The maximum atomic E-state index is 12.4. The molecule has 1 N–H and O–H groups in total. The van der Waals surface area contributed by atoms with Gasteiger partial charge in [0.2, 0.25) is 0 Å². The highest BCUT2D eigenvalue weighted by molar-refractivity contribution is 5.68. The first-order valence-electron chi connectivity index (χ1n) is 13.9. The van der Waals surface area contributed by atoms with Crippen LogP contribution in [0.2, 0.25) is 0 Å². The highest BCUT2D eigenvalue weighted by Crippen LogP contribution is 2.28. The number of methoxy groups -OCH3 is 1. The Kier molecular flexibility index (Phi) is 18.2. The fourth-order valence-electron chi connectivity index (χ4n) is 4.49. The van der Waals surface area contributed by atoms with Crippen molar-refractivity contribution in [1.29, 1.82) is 0 Å². The van der Waals surface area contributed by atoms with E-state index in [2.05, 4.69) is 9.47 Å². The summed E-state index contributed by atoms with van der Waals surface area (Å²) >= 11 is 0. The van der Waals surface area contributed by atoms with E-state index in [1.807, 2.05) is 0 Å². The van der Waals surface area contributed by atoms with Crippen molar-refractivity contribution in [2.24, 2.45) is 0 Å². The molecule has 1 aromatic carbocycles. The van der Waals surface area contributed by atoms with Crippen LogP contribution in [0.15, 0.2) is 18.2 Å². The van der Waals surface area contributed by atoms with Crippen LogP contribution in [0.1, 0.15) is 127 Å². The third-order valence-electron chi connectivity index (χ3n) is 6.59. The highest BCUT2D eigenvalue weighted by atomic mass is 19.4. The van der Waals surface area contributed by atoms with Crippen LogP contribution in [-0.2, 0) is 22.6 Å². The average Bonchev–Trinajstić information content (AvgIpc) is 2.85. The molecular weight excluding hydrogens is 469 g/mol. The van der Waals surface area contributed by atoms with Crippen LogP contribution in [0.3, 0.4) is 0 Å². The lowest BCUT2D eigenvalue weighted by atomic mass is 10.0. The first-order valence-corrected chi connectivity index (χ1v) is 13.9. The Hall–Kier alpha value is -1.76. The van der Waals surface area contributed by atoms with Gasteiger partial charge in [-0.25, -0.2) is 0 Å². The van der Waals surface area contributed by atoms with Gasteiger partial charge in [0.15, 0.2) is 0 Å². The van der Waals surface area contributed by atoms with Crippen LogP contribution in [-0.4, -0.2) is 24.5 Å². The van der Waals surface area contributed by atoms with Gasteiger partial charge in [-0.15, -0.1) is 13.2 Å². The number of rotatable bonds is 22. The van der Waals surface area contributed by atoms with Gasteiger partial charge in [0.1, 0.15) is 5.75 Å². The number of aryl methyl sites for hydroxylation is 1. The first-order chi connectivity index (χ1) is 17.4. The van der Waals surface area contributed by atoms with Crippen molar-refractivity contribution < 1.29 is 32.5 Å².